The average Bonchev–Trinajstić information content (AvgIpc) is 2.75. The van der Waals surface area contributed by atoms with Gasteiger partial charge in [0.05, 0.1) is 11.9 Å². The van der Waals surface area contributed by atoms with E-state index in [2.05, 4.69) is 56.7 Å². The molecule has 1 aromatic carbocycles. The standard InChI is InChI=1S/C16H22N2O/c1-10-6-12(16(3,4)5)7-11(2)15(10)13-8-17-14(9-19)18-13/h6-8,19H,9H2,1-5H3,(H,17,18). The van der Waals surface area contributed by atoms with Gasteiger partial charge in [-0.25, -0.2) is 4.98 Å². The Labute approximate surface area is 114 Å². The van der Waals surface area contributed by atoms with Crippen molar-refractivity contribution in [3.63, 3.8) is 0 Å². The molecule has 0 aliphatic rings. The number of aliphatic hydroxyl groups is 1. The molecule has 3 heteroatoms. The van der Waals surface area contributed by atoms with Crippen molar-refractivity contribution in [3.8, 4) is 11.3 Å². The van der Waals surface area contributed by atoms with E-state index in [1.807, 2.05) is 0 Å². The summed E-state index contributed by atoms with van der Waals surface area (Å²) >= 11 is 0. The van der Waals surface area contributed by atoms with Crippen LogP contribution in [0.1, 0.15) is 43.3 Å². The molecule has 0 atom stereocenters. The van der Waals surface area contributed by atoms with Crippen LogP contribution in [0.2, 0.25) is 0 Å². The quantitative estimate of drug-likeness (QED) is 0.866. The van der Waals surface area contributed by atoms with Crippen LogP contribution >= 0.6 is 0 Å². The van der Waals surface area contributed by atoms with Crippen LogP contribution in [0.3, 0.4) is 0 Å². The molecule has 0 aliphatic carbocycles. The van der Waals surface area contributed by atoms with E-state index in [-0.39, 0.29) is 12.0 Å². The molecular formula is C16H22N2O. The van der Waals surface area contributed by atoms with Gasteiger partial charge in [-0.2, -0.15) is 0 Å². The lowest BCUT2D eigenvalue weighted by Gasteiger charge is -2.22. The van der Waals surface area contributed by atoms with Crippen LogP contribution in [0.5, 0.6) is 0 Å². The molecule has 0 unspecified atom stereocenters. The molecule has 0 amide bonds. The predicted octanol–water partition coefficient (Wildman–Crippen LogP) is 3.48. The second kappa shape index (κ2) is 4.82. The van der Waals surface area contributed by atoms with Crippen LogP contribution in [0.4, 0.5) is 0 Å². The normalized spacial score (nSPS) is 11.9. The first-order valence-electron chi connectivity index (χ1n) is 6.59. The van der Waals surface area contributed by atoms with Gasteiger partial charge in [0.25, 0.3) is 0 Å². The van der Waals surface area contributed by atoms with E-state index >= 15 is 0 Å². The fraction of sp³-hybridized carbons (Fsp3) is 0.438. The summed E-state index contributed by atoms with van der Waals surface area (Å²) in [6, 6.07) is 4.48. The lowest BCUT2D eigenvalue weighted by Crippen LogP contribution is -2.12. The molecule has 0 bridgehead atoms. The van der Waals surface area contributed by atoms with Gasteiger partial charge < -0.3 is 10.1 Å². The molecule has 19 heavy (non-hydrogen) atoms. The third-order valence-electron chi connectivity index (χ3n) is 3.45. The summed E-state index contributed by atoms with van der Waals surface area (Å²) in [7, 11) is 0. The maximum absolute atomic E-state index is 9.09. The largest absolute Gasteiger partial charge is 0.388 e. The van der Waals surface area contributed by atoms with Gasteiger partial charge in [-0.3, -0.25) is 0 Å². The van der Waals surface area contributed by atoms with Gasteiger partial charge in [-0.15, -0.1) is 0 Å². The smallest absolute Gasteiger partial charge is 0.132 e. The summed E-state index contributed by atoms with van der Waals surface area (Å²) in [6.07, 6.45) is 1.79. The van der Waals surface area contributed by atoms with Crippen molar-refractivity contribution in [2.45, 2.75) is 46.6 Å². The van der Waals surface area contributed by atoms with Crippen LogP contribution in [0.25, 0.3) is 11.3 Å². The molecule has 2 N–H and O–H groups in total. The van der Waals surface area contributed by atoms with Crippen molar-refractivity contribution in [1.29, 1.82) is 0 Å². The number of hydrogen-bond acceptors (Lipinski definition) is 2. The lowest BCUT2D eigenvalue weighted by molar-refractivity contribution is 0.272. The Hall–Kier alpha value is -1.61. The number of benzene rings is 1. The van der Waals surface area contributed by atoms with Gasteiger partial charge in [0, 0.05) is 5.56 Å². The first kappa shape index (κ1) is 13.8. The van der Waals surface area contributed by atoms with E-state index in [1.54, 1.807) is 6.20 Å². The lowest BCUT2D eigenvalue weighted by atomic mass is 9.83. The number of aromatic nitrogens is 2. The number of nitrogens with one attached hydrogen (secondary N) is 1. The maximum Gasteiger partial charge on any atom is 0.132 e. The van der Waals surface area contributed by atoms with Crippen LogP contribution in [-0.4, -0.2) is 15.1 Å². The Balaban J connectivity index is 2.53. The summed E-state index contributed by atoms with van der Waals surface area (Å²) in [5.41, 5.74) is 6.11. The molecule has 102 valence electrons. The number of rotatable bonds is 2. The third kappa shape index (κ3) is 2.71. The molecule has 2 aromatic rings. The molecular weight excluding hydrogens is 236 g/mol. The van der Waals surface area contributed by atoms with Crippen molar-refractivity contribution in [2.75, 3.05) is 0 Å². The molecule has 1 aromatic heterocycles. The number of aryl methyl sites for hydroxylation is 2. The zero-order valence-corrected chi connectivity index (χ0v) is 12.3. The zero-order valence-electron chi connectivity index (χ0n) is 12.3. The topological polar surface area (TPSA) is 48.9 Å². The fourth-order valence-corrected chi connectivity index (χ4v) is 2.39. The summed E-state index contributed by atoms with van der Waals surface area (Å²) in [5, 5.41) is 9.09. The van der Waals surface area contributed by atoms with Gasteiger partial charge in [0.15, 0.2) is 0 Å². The van der Waals surface area contributed by atoms with Gasteiger partial charge in [0.1, 0.15) is 12.4 Å². The highest BCUT2D eigenvalue weighted by atomic mass is 16.3. The highest BCUT2D eigenvalue weighted by Crippen LogP contribution is 2.31. The Kier molecular flexibility index (Phi) is 3.50. The Morgan fingerprint density at radius 1 is 1.16 bits per heavy atom. The minimum Gasteiger partial charge on any atom is -0.388 e. The van der Waals surface area contributed by atoms with E-state index in [0.717, 1.165) is 5.69 Å². The molecule has 0 saturated carbocycles. The van der Waals surface area contributed by atoms with Gasteiger partial charge in [-0.05, 0) is 36.0 Å². The summed E-state index contributed by atoms with van der Waals surface area (Å²) in [4.78, 5) is 7.32. The molecule has 1 heterocycles. The predicted molar refractivity (Wildman–Crippen MR) is 78.1 cm³/mol. The first-order valence-corrected chi connectivity index (χ1v) is 6.59. The highest BCUT2D eigenvalue weighted by Gasteiger charge is 2.17. The number of hydrogen-bond donors (Lipinski definition) is 2. The molecule has 2 rings (SSSR count). The van der Waals surface area contributed by atoms with Crippen molar-refractivity contribution >= 4 is 0 Å². The van der Waals surface area contributed by atoms with Crippen molar-refractivity contribution in [3.05, 3.63) is 40.8 Å². The highest BCUT2D eigenvalue weighted by molar-refractivity contribution is 5.68. The van der Waals surface area contributed by atoms with Crippen LogP contribution in [0.15, 0.2) is 18.3 Å². The number of H-pyrrole nitrogens is 1. The Morgan fingerprint density at radius 3 is 2.16 bits per heavy atom. The Morgan fingerprint density at radius 2 is 1.74 bits per heavy atom. The zero-order chi connectivity index (χ0) is 14.2. The van der Waals surface area contributed by atoms with Crippen molar-refractivity contribution in [1.82, 2.24) is 9.97 Å². The van der Waals surface area contributed by atoms with E-state index in [4.69, 9.17) is 5.11 Å². The molecule has 0 radical (unpaired) electrons. The average molecular weight is 258 g/mol. The van der Waals surface area contributed by atoms with Crippen molar-refractivity contribution < 1.29 is 5.11 Å². The van der Waals surface area contributed by atoms with Gasteiger partial charge in [-0.1, -0.05) is 32.9 Å². The van der Waals surface area contributed by atoms with Gasteiger partial charge >= 0.3 is 0 Å². The molecule has 0 spiro atoms. The van der Waals surface area contributed by atoms with Crippen LogP contribution < -0.4 is 0 Å². The molecule has 0 fully saturated rings. The number of aromatic amines is 1. The van der Waals surface area contributed by atoms with E-state index in [9.17, 15) is 0 Å². The van der Waals surface area contributed by atoms with Crippen molar-refractivity contribution in [2.24, 2.45) is 0 Å². The maximum atomic E-state index is 9.09. The second-order valence-corrected chi connectivity index (χ2v) is 6.14. The van der Waals surface area contributed by atoms with Crippen LogP contribution in [-0.2, 0) is 12.0 Å². The fourth-order valence-electron chi connectivity index (χ4n) is 2.39. The minimum atomic E-state index is -0.0574. The first-order chi connectivity index (χ1) is 8.82. The molecule has 0 saturated heterocycles. The molecule has 0 aliphatic heterocycles. The summed E-state index contributed by atoms with van der Waals surface area (Å²) < 4.78 is 0. The Bertz CT molecular complexity index is 568. The van der Waals surface area contributed by atoms with E-state index in [1.165, 1.54) is 22.3 Å². The number of imidazole rings is 1. The molecule has 3 nitrogen and oxygen atoms in total. The van der Waals surface area contributed by atoms with E-state index < -0.39 is 0 Å². The summed E-state index contributed by atoms with van der Waals surface area (Å²) in [6.45, 7) is 10.9. The number of nitrogens with zero attached hydrogens (tertiary/aromatic N) is 1. The number of aliphatic hydroxyl groups excluding tert-OH is 1. The minimum absolute atomic E-state index is 0.0574. The van der Waals surface area contributed by atoms with Crippen LogP contribution in [0, 0.1) is 13.8 Å². The SMILES string of the molecule is Cc1cc(C(C)(C)C)cc(C)c1-c1cnc(CO)[nH]1. The second-order valence-electron chi connectivity index (χ2n) is 6.14. The van der Waals surface area contributed by atoms with Gasteiger partial charge in [0.2, 0.25) is 0 Å². The monoisotopic (exact) mass is 258 g/mol. The van der Waals surface area contributed by atoms with E-state index in [0.29, 0.717) is 5.82 Å². The summed E-state index contributed by atoms with van der Waals surface area (Å²) in [5.74, 6) is 0.605. The third-order valence-corrected chi connectivity index (χ3v) is 3.45.